The fraction of sp³-hybridized carbons (Fsp3) is 0.500. The third-order valence-electron chi connectivity index (χ3n) is 3.93. The Bertz CT molecular complexity index is 503. The van der Waals surface area contributed by atoms with Crippen LogP contribution in [0.4, 0.5) is 0 Å². The van der Waals surface area contributed by atoms with E-state index in [1.165, 1.54) is 6.08 Å². The van der Waals surface area contributed by atoms with Crippen LogP contribution < -0.4 is 5.32 Å². The molecule has 2 unspecified atom stereocenters. The van der Waals surface area contributed by atoms with Crippen LogP contribution in [0.25, 0.3) is 0 Å². The van der Waals surface area contributed by atoms with Crippen LogP contribution in [0.3, 0.4) is 0 Å². The average Bonchev–Trinajstić information content (AvgIpc) is 2.99. The van der Waals surface area contributed by atoms with Gasteiger partial charge < -0.3 is 14.2 Å². The zero-order valence-corrected chi connectivity index (χ0v) is 12.7. The van der Waals surface area contributed by atoms with E-state index >= 15 is 0 Å². The zero-order valence-electron chi connectivity index (χ0n) is 11.7. The summed E-state index contributed by atoms with van der Waals surface area (Å²) < 4.78 is 11.5. The SMILES string of the molecule is CC[Si](CC)(CC=C=O)OC1C(=O)NC1c1ccco1. The molecule has 0 aromatic carbocycles. The Balaban J connectivity index is 2.12. The maximum absolute atomic E-state index is 11.8. The van der Waals surface area contributed by atoms with Crippen LogP contribution in [0.5, 0.6) is 0 Å². The molecule has 1 N–H and O–H groups in total. The van der Waals surface area contributed by atoms with Crippen molar-refractivity contribution in [2.75, 3.05) is 0 Å². The van der Waals surface area contributed by atoms with Gasteiger partial charge in [0, 0.05) is 0 Å². The van der Waals surface area contributed by atoms with Crippen LogP contribution >= 0.6 is 0 Å². The van der Waals surface area contributed by atoms with Crippen LogP contribution in [0.15, 0.2) is 28.9 Å². The molecule has 0 saturated carbocycles. The van der Waals surface area contributed by atoms with E-state index < -0.39 is 14.4 Å². The van der Waals surface area contributed by atoms with Crippen molar-refractivity contribution in [1.82, 2.24) is 5.32 Å². The summed E-state index contributed by atoms with van der Waals surface area (Å²) in [6.07, 6.45) is 2.56. The minimum absolute atomic E-state index is 0.111. The third kappa shape index (κ3) is 2.77. The Labute approximate surface area is 119 Å². The fourth-order valence-corrected chi connectivity index (χ4v) is 5.17. The van der Waals surface area contributed by atoms with Crippen LogP contribution in [-0.2, 0) is 14.0 Å². The summed E-state index contributed by atoms with van der Waals surface area (Å²) in [5, 5.41) is 2.80. The highest BCUT2D eigenvalue weighted by molar-refractivity contribution is 6.74. The molecular formula is C14H19NO4Si. The summed E-state index contributed by atoms with van der Waals surface area (Å²) in [7, 11) is -2.11. The lowest BCUT2D eigenvalue weighted by molar-refractivity contribution is -0.142. The normalized spacial score (nSPS) is 21.8. The number of hydrogen-bond acceptors (Lipinski definition) is 4. The molecule has 1 amide bonds. The first-order chi connectivity index (χ1) is 9.65. The van der Waals surface area contributed by atoms with Crippen molar-refractivity contribution in [3.8, 4) is 0 Å². The summed E-state index contributed by atoms with van der Waals surface area (Å²) in [4.78, 5) is 22.2. The van der Waals surface area contributed by atoms with Gasteiger partial charge in [-0.1, -0.05) is 13.8 Å². The number of amides is 1. The molecule has 2 atom stereocenters. The van der Waals surface area contributed by atoms with E-state index in [4.69, 9.17) is 8.84 Å². The Hall–Kier alpha value is -1.62. The monoisotopic (exact) mass is 293 g/mol. The lowest BCUT2D eigenvalue weighted by Crippen LogP contribution is -2.60. The molecule has 6 heteroatoms. The summed E-state index contributed by atoms with van der Waals surface area (Å²) >= 11 is 0. The van der Waals surface area contributed by atoms with Gasteiger partial charge in [0.25, 0.3) is 5.91 Å². The van der Waals surface area contributed by atoms with Crippen molar-refractivity contribution in [2.24, 2.45) is 0 Å². The molecule has 1 aromatic heterocycles. The van der Waals surface area contributed by atoms with E-state index in [0.29, 0.717) is 11.8 Å². The van der Waals surface area contributed by atoms with E-state index in [2.05, 4.69) is 5.32 Å². The lowest BCUT2D eigenvalue weighted by atomic mass is 10.0. The highest BCUT2D eigenvalue weighted by Crippen LogP contribution is 2.33. The molecule has 1 aliphatic rings. The summed E-state index contributed by atoms with van der Waals surface area (Å²) in [5.74, 6) is 2.40. The highest BCUT2D eigenvalue weighted by atomic mass is 28.4. The van der Waals surface area contributed by atoms with Gasteiger partial charge in [0.2, 0.25) is 0 Å². The Morgan fingerprint density at radius 3 is 2.75 bits per heavy atom. The maximum Gasteiger partial charge on any atom is 0.251 e. The smallest absolute Gasteiger partial charge is 0.251 e. The Morgan fingerprint density at radius 2 is 2.25 bits per heavy atom. The van der Waals surface area contributed by atoms with Gasteiger partial charge in [-0.25, -0.2) is 4.79 Å². The largest absolute Gasteiger partial charge is 0.467 e. The molecule has 2 heterocycles. The van der Waals surface area contributed by atoms with Crippen molar-refractivity contribution in [2.45, 2.75) is 44.1 Å². The number of carbonyl (C=O) groups excluding carboxylic acids is 2. The number of hydrogen-bond donors (Lipinski definition) is 1. The molecule has 0 aliphatic carbocycles. The molecule has 1 fully saturated rings. The van der Waals surface area contributed by atoms with Gasteiger partial charge in [-0.2, -0.15) is 0 Å². The number of nitrogens with one attached hydrogen (secondary N) is 1. The summed E-state index contributed by atoms with van der Waals surface area (Å²) in [5.41, 5.74) is 0. The van der Waals surface area contributed by atoms with Crippen molar-refractivity contribution < 1.29 is 18.4 Å². The van der Waals surface area contributed by atoms with Crippen LogP contribution in [0, 0.1) is 0 Å². The van der Waals surface area contributed by atoms with Gasteiger partial charge >= 0.3 is 0 Å². The van der Waals surface area contributed by atoms with E-state index in [-0.39, 0.29) is 11.9 Å². The lowest BCUT2D eigenvalue weighted by Gasteiger charge is -2.41. The van der Waals surface area contributed by atoms with Gasteiger partial charge in [-0.05, 0) is 36.3 Å². The van der Waals surface area contributed by atoms with Gasteiger partial charge in [0.15, 0.2) is 14.4 Å². The second-order valence-electron chi connectivity index (χ2n) is 4.96. The predicted octanol–water partition coefficient (Wildman–Crippen LogP) is 2.21. The molecule has 108 valence electrons. The molecule has 0 bridgehead atoms. The van der Waals surface area contributed by atoms with Crippen molar-refractivity contribution in [3.05, 3.63) is 30.2 Å². The van der Waals surface area contributed by atoms with Crippen LogP contribution in [0.1, 0.15) is 25.6 Å². The second-order valence-corrected chi connectivity index (χ2v) is 9.38. The molecule has 1 aliphatic heterocycles. The van der Waals surface area contributed by atoms with Crippen molar-refractivity contribution >= 4 is 20.2 Å². The second kappa shape index (κ2) is 6.22. The Kier molecular flexibility index (Phi) is 4.59. The molecule has 0 radical (unpaired) electrons. The van der Waals surface area contributed by atoms with Gasteiger partial charge in [-0.3, -0.25) is 4.79 Å². The highest BCUT2D eigenvalue weighted by Gasteiger charge is 2.47. The fourth-order valence-electron chi connectivity index (χ4n) is 2.43. The Morgan fingerprint density at radius 1 is 1.50 bits per heavy atom. The molecular weight excluding hydrogens is 274 g/mol. The molecule has 20 heavy (non-hydrogen) atoms. The van der Waals surface area contributed by atoms with E-state index in [1.54, 1.807) is 12.3 Å². The molecule has 1 saturated heterocycles. The molecule has 2 rings (SSSR count). The number of furan rings is 1. The first kappa shape index (κ1) is 14.8. The quantitative estimate of drug-likeness (QED) is 0.475. The zero-order chi connectivity index (χ0) is 14.6. The minimum Gasteiger partial charge on any atom is -0.467 e. The van der Waals surface area contributed by atoms with Crippen LogP contribution in [0.2, 0.25) is 18.1 Å². The van der Waals surface area contributed by atoms with E-state index in [1.807, 2.05) is 25.9 Å². The van der Waals surface area contributed by atoms with E-state index in [0.717, 1.165) is 12.1 Å². The number of allylic oxidation sites excluding steroid dienone is 1. The molecule has 0 spiro atoms. The molecule has 5 nitrogen and oxygen atoms in total. The predicted molar refractivity (Wildman–Crippen MR) is 76.3 cm³/mol. The topological polar surface area (TPSA) is 68.5 Å². The van der Waals surface area contributed by atoms with Crippen LogP contribution in [-0.4, -0.2) is 26.3 Å². The van der Waals surface area contributed by atoms with Crippen molar-refractivity contribution in [1.29, 1.82) is 0 Å². The number of rotatable bonds is 7. The number of carbonyl (C=O) groups is 1. The number of β-lactam (4-membered cyclic amide) rings is 1. The maximum atomic E-state index is 11.8. The average molecular weight is 293 g/mol. The van der Waals surface area contributed by atoms with Gasteiger partial charge in [0.1, 0.15) is 17.7 Å². The summed E-state index contributed by atoms with van der Waals surface area (Å²) in [6, 6.07) is 5.70. The van der Waals surface area contributed by atoms with Gasteiger partial charge in [0.05, 0.1) is 6.26 Å². The first-order valence-corrected chi connectivity index (χ1v) is 9.39. The minimum atomic E-state index is -2.11. The van der Waals surface area contributed by atoms with E-state index in [9.17, 15) is 9.59 Å². The first-order valence-electron chi connectivity index (χ1n) is 6.86. The third-order valence-corrected chi connectivity index (χ3v) is 8.21. The van der Waals surface area contributed by atoms with Crippen molar-refractivity contribution in [3.63, 3.8) is 0 Å². The standard InChI is InChI=1S/C14H19NO4Si/c1-3-20(4-2,10-6-8-16)19-13-12(15-14(13)17)11-7-5-9-18-11/h5-7,9,12-13H,3-4,10H2,1-2H3,(H,15,17). The van der Waals surface area contributed by atoms with Gasteiger partial charge in [-0.15, -0.1) is 0 Å². The summed E-state index contributed by atoms with van der Waals surface area (Å²) in [6.45, 7) is 4.10. The molecule has 1 aromatic rings.